The fourth-order valence-corrected chi connectivity index (χ4v) is 6.73. The van der Waals surface area contributed by atoms with Crippen molar-refractivity contribution in [2.24, 2.45) is 0 Å². The molecular formula is C42H28N4. The Kier molecular flexibility index (Phi) is 6.10. The fourth-order valence-electron chi connectivity index (χ4n) is 6.73. The highest BCUT2D eigenvalue weighted by Crippen LogP contribution is 2.49. The Hall–Kier alpha value is -6.26. The molecule has 0 saturated carbocycles. The van der Waals surface area contributed by atoms with Gasteiger partial charge in [0, 0.05) is 45.7 Å². The number of fused-ring (bicyclic) bond motifs is 7. The van der Waals surface area contributed by atoms with Gasteiger partial charge < -0.3 is 0 Å². The molecule has 0 unspecified atom stereocenters. The SMILES string of the molecule is c1ccc(-c2cccc(-c3cc(-c4ccccn4)cc(N4c5ccccc5-c5ccccc5-n5c4cc4ccccc45)c3)c2)nc1. The zero-order chi connectivity index (χ0) is 30.5. The van der Waals surface area contributed by atoms with Gasteiger partial charge in [-0.05, 0) is 83.9 Å². The highest BCUT2D eigenvalue weighted by Gasteiger charge is 2.28. The van der Waals surface area contributed by atoms with E-state index in [1.54, 1.807) is 0 Å². The molecule has 46 heavy (non-hydrogen) atoms. The van der Waals surface area contributed by atoms with Crippen molar-refractivity contribution in [3.8, 4) is 50.5 Å². The number of pyridine rings is 2. The number of benzene rings is 5. The van der Waals surface area contributed by atoms with Gasteiger partial charge in [0.25, 0.3) is 0 Å². The minimum atomic E-state index is 0.929. The van der Waals surface area contributed by atoms with Crippen LogP contribution in [0.4, 0.5) is 17.2 Å². The monoisotopic (exact) mass is 588 g/mol. The maximum atomic E-state index is 4.78. The number of hydrogen-bond donors (Lipinski definition) is 0. The van der Waals surface area contributed by atoms with Gasteiger partial charge in [0.2, 0.25) is 0 Å². The molecule has 1 aliphatic rings. The third-order valence-electron chi connectivity index (χ3n) is 8.79. The predicted octanol–water partition coefficient (Wildman–Crippen LogP) is 10.9. The normalized spacial score (nSPS) is 11.9. The molecule has 4 heterocycles. The number of aromatic nitrogens is 3. The maximum Gasteiger partial charge on any atom is 0.123 e. The molecule has 0 atom stereocenters. The van der Waals surface area contributed by atoms with E-state index in [0.29, 0.717) is 0 Å². The first kappa shape index (κ1) is 26.2. The molecule has 0 aliphatic carbocycles. The van der Waals surface area contributed by atoms with E-state index in [9.17, 15) is 0 Å². The molecule has 0 fully saturated rings. The van der Waals surface area contributed by atoms with Gasteiger partial charge in [0.1, 0.15) is 5.82 Å². The molecule has 9 rings (SSSR count). The van der Waals surface area contributed by atoms with Crippen LogP contribution in [0.2, 0.25) is 0 Å². The van der Waals surface area contributed by atoms with Gasteiger partial charge in [-0.15, -0.1) is 0 Å². The number of anilines is 3. The van der Waals surface area contributed by atoms with Crippen molar-refractivity contribution in [1.29, 1.82) is 0 Å². The fraction of sp³-hybridized carbons (Fsp3) is 0. The summed E-state index contributed by atoms with van der Waals surface area (Å²) in [6.07, 6.45) is 3.70. The van der Waals surface area contributed by atoms with Gasteiger partial charge in [0.05, 0.1) is 28.3 Å². The second kappa shape index (κ2) is 10.7. The van der Waals surface area contributed by atoms with E-state index in [4.69, 9.17) is 4.98 Å². The van der Waals surface area contributed by atoms with Crippen molar-refractivity contribution in [3.63, 3.8) is 0 Å². The summed E-state index contributed by atoms with van der Waals surface area (Å²) in [5, 5.41) is 1.20. The van der Waals surface area contributed by atoms with Crippen LogP contribution < -0.4 is 4.90 Å². The third-order valence-corrected chi connectivity index (χ3v) is 8.79. The van der Waals surface area contributed by atoms with Crippen molar-refractivity contribution in [1.82, 2.24) is 14.5 Å². The molecule has 4 heteroatoms. The minimum absolute atomic E-state index is 0.929. The van der Waals surface area contributed by atoms with Gasteiger partial charge >= 0.3 is 0 Å². The maximum absolute atomic E-state index is 4.78. The molecule has 216 valence electrons. The van der Waals surface area contributed by atoms with E-state index < -0.39 is 0 Å². The van der Waals surface area contributed by atoms with E-state index >= 15 is 0 Å². The molecule has 5 aromatic carbocycles. The zero-order valence-corrected chi connectivity index (χ0v) is 25.0. The van der Waals surface area contributed by atoms with Gasteiger partial charge in [-0.1, -0.05) is 84.9 Å². The number of hydrogen-bond acceptors (Lipinski definition) is 3. The lowest BCUT2D eigenvalue weighted by Gasteiger charge is -2.27. The molecule has 0 amide bonds. The predicted molar refractivity (Wildman–Crippen MR) is 189 cm³/mol. The van der Waals surface area contributed by atoms with Crippen LogP contribution in [0.1, 0.15) is 0 Å². The Balaban J connectivity index is 1.34. The average Bonchev–Trinajstić information content (AvgIpc) is 3.46. The van der Waals surface area contributed by atoms with Gasteiger partial charge in [-0.3, -0.25) is 19.4 Å². The Bertz CT molecular complexity index is 2370. The summed E-state index contributed by atoms with van der Waals surface area (Å²) in [6.45, 7) is 0. The molecule has 0 spiro atoms. The van der Waals surface area contributed by atoms with E-state index in [-0.39, 0.29) is 0 Å². The Morgan fingerprint density at radius 1 is 0.413 bits per heavy atom. The lowest BCUT2D eigenvalue weighted by molar-refractivity contribution is 1.09. The molecule has 0 saturated heterocycles. The van der Waals surface area contributed by atoms with E-state index in [1.165, 1.54) is 22.0 Å². The molecule has 1 aliphatic heterocycles. The molecule has 0 radical (unpaired) electrons. The summed E-state index contributed by atoms with van der Waals surface area (Å²) < 4.78 is 2.40. The summed E-state index contributed by atoms with van der Waals surface area (Å²) in [4.78, 5) is 11.8. The molecular weight excluding hydrogens is 560 g/mol. The number of para-hydroxylation sites is 3. The van der Waals surface area contributed by atoms with Crippen molar-refractivity contribution in [3.05, 3.63) is 170 Å². The summed E-state index contributed by atoms with van der Waals surface area (Å²) >= 11 is 0. The van der Waals surface area contributed by atoms with Crippen molar-refractivity contribution < 1.29 is 0 Å². The van der Waals surface area contributed by atoms with Crippen LogP contribution in [-0.2, 0) is 0 Å². The first-order chi connectivity index (χ1) is 22.8. The molecule has 3 aromatic heterocycles. The Morgan fingerprint density at radius 2 is 1.02 bits per heavy atom. The van der Waals surface area contributed by atoms with E-state index in [1.807, 2.05) is 36.7 Å². The number of nitrogens with zero attached hydrogens (tertiary/aromatic N) is 4. The van der Waals surface area contributed by atoms with Gasteiger partial charge in [-0.2, -0.15) is 0 Å². The largest absolute Gasteiger partial charge is 0.295 e. The topological polar surface area (TPSA) is 34.0 Å². The van der Waals surface area contributed by atoms with Crippen LogP contribution in [-0.4, -0.2) is 14.5 Å². The second-order valence-corrected chi connectivity index (χ2v) is 11.5. The van der Waals surface area contributed by atoms with Crippen LogP contribution in [0, 0.1) is 0 Å². The molecule has 8 aromatic rings. The molecule has 0 bridgehead atoms. The van der Waals surface area contributed by atoms with Crippen molar-refractivity contribution >= 4 is 28.1 Å². The lowest BCUT2D eigenvalue weighted by Crippen LogP contribution is -2.13. The summed E-state index contributed by atoms with van der Waals surface area (Å²) in [5.74, 6) is 1.09. The third kappa shape index (κ3) is 4.31. The summed E-state index contributed by atoms with van der Waals surface area (Å²) in [6, 6.07) is 56.0. The summed E-state index contributed by atoms with van der Waals surface area (Å²) in [7, 11) is 0. The zero-order valence-electron chi connectivity index (χ0n) is 25.0. The highest BCUT2D eigenvalue weighted by atomic mass is 15.3. The van der Waals surface area contributed by atoms with E-state index in [2.05, 4.69) is 148 Å². The van der Waals surface area contributed by atoms with Crippen LogP contribution >= 0.6 is 0 Å². The minimum Gasteiger partial charge on any atom is -0.295 e. The second-order valence-electron chi connectivity index (χ2n) is 11.5. The standard InChI is InChI=1S/C42H28N4/c1-4-19-39-31(12-1)28-42-45(40-20-5-2-15-35(40)36-16-3-6-21-41(36)46(39)42)34-26-32(25-33(27-34)38-18-8-10-23-44-38)29-13-11-14-30(24-29)37-17-7-9-22-43-37/h1-28H. The molecule has 0 N–H and O–H groups in total. The lowest BCUT2D eigenvalue weighted by atomic mass is 9.97. The first-order valence-electron chi connectivity index (χ1n) is 15.5. The Labute approximate surface area is 267 Å². The van der Waals surface area contributed by atoms with Crippen LogP contribution in [0.5, 0.6) is 0 Å². The average molecular weight is 589 g/mol. The van der Waals surface area contributed by atoms with Crippen LogP contribution in [0.25, 0.3) is 61.4 Å². The van der Waals surface area contributed by atoms with E-state index in [0.717, 1.165) is 56.5 Å². The number of rotatable bonds is 4. The first-order valence-corrected chi connectivity index (χ1v) is 15.5. The highest BCUT2D eigenvalue weighted by molar-refractivity contribution is 6.00. The molecule has 4 nitrogen and oxygen atoms in total. The van der Waals surface area contributed by atoms with Gasteiger partial charge in [-0.25, -0.2) is 0 Å². The smallest absolute Gasteiger partial charge is 0.123 e. The quantitative estimate of drug-likeness (QED) is 0.205. The van der Waals surface area contributed by atoms with Crippen LogP contribution in [0.3, 0.4) is 0 Å². The van der Waals surface area contributed by atoms with Gasteiger partial charge in [0.15, 0.2) is 0 Å². The Morgan fingerprint density at radius 3 is 1.80 bits per heavy atom. The van der Waals surface area contributed by atoms with Crippen molar-refractivity contribution in [2.75, 3.05) is 4.90 Å². The van der Waals surface area contributed by atoms with Crippen LogP contribution in [0.15, 0.2) is 170 Å². The summed E-state index contributed by atoms with van der Waals surface area (Å²) in [5.41, 5.74) is 13.2. The van der Waals surface area contributed by atoms with Crippen molar-refractivity contribution in [2.45, 2.75) is 0 Å².